The summed E-state index contributed by atoms with van der Waals surface area (Å²) in [6, 6.07) is 0.338. The van der Waals surface area contributed by atoms with Crippen LogP contribution in [0.3, 0.4) is 0 Å². The Hall–Kier alpha value is -1.50. The molecule has 0 heterocycles. The van der Waals surface area contributed by atoms with Crippen LogP contribution in [0.25, 0.3) is 0 Å². The van der Waals surface area contributed by atoms with Gasteiger partial charge in [0, 0.05) is 18.8 Å². The first-order chi connectivity index (χ1) is 10.5. The average Bonchev–Trinajstić information content (AvgIpc) is 2.50. The van der Waals surface area contributed by atoms with E-state index < -0.39 is 28.2 Å². The van der Waals surface area contributed by atoms with Gasteiger partial charge >= 0.3 is 0 Å². The normalized spacial score (nSPS) is 12.2. The monoisotopic (exact) mass is 334 g/mol. The number of hydrogen-bond donors (Lipinski definition) is 0. The quantitative estimate of drug-likeness (QED) is 0.221. The molecule has 1 aromatic carbocycles. The van der Waals surface area contributed by atoms with Gasteiger partial charge in [-0.3, -0.25) is 4.31 Å². The molecule has 0 aromatic heterocycles. The van der Waals surface area contributed by atoms with Gasteiger partial charge in [-0.2, -0.15) is 0 Å². The second-order valence-corrected chi connectivity index (χ2v) is 5.36. The van der Waals surface area contributed by atoms with Gasteiger partial charge in [0.05, 0.1) is 0 Å². The van der Waals surface area contributed by atoms with Crippen LogP contribution in [0.5, 0.6) is 0 Å². The number of benzene rings is 1. The van der Waals surface area contributed by atoms with Gasteiger partial charge in [0.2, 0.25) is 0 Å². The fraction of sp³-hybridized carbons (Fsp3) is 0.400. The van der Waals surface area contributed by atoms with Gasteiger partial charge in [-0.1, -0.05) is 13.3 Å². The lowest BCUT2D eigenvalue weighted by Gasteiger charge is -2.22. The third-order valence-corrected chi connectivity index (χ3v) is 3.94. The van der Waals surface area contributed by atoms with Crippen LogP contribution in [0.1, 0.15) is 33.6 Å². The summed E-state index contributed by atoms with van der Waals surface area (Å²) in [5, 5.41) is 0. The summed E-state index contributed by atoms with van der Waals surface area (Å²) >= 11 is 0.650. The standard InChI is InChI=1S/C15H18F4N2S/c1-4-7-8-20-12(5-2)21(6-3)22-15-11(17)9-10(16)13(18)14(15)19/h5,8-9H,4,6-7H2,1-3H3/b12-5+,20-8-. The van der Waals surface area contributed by atoms with E-state index in [4.69, 9.17) is 0 Å². The van der Waals surface area contributed by atoms with E-state index >= 15 is 0 Å². The molecule has 0 aliphatic rings. The van der Waals surface area contributed by atoms with Crippen LogP contribution in [-0.2, 0) is 0 Å². The van der Waals surface area contributed by atoms with Crippen molar-refractivity contribution in [2.24, 2.45) is 4.99 Å². The Labute approximate surface area is 132 Å². The van der Waals surface area contributed by atoms with Crippen molar-refractivity contribution in [2.45, 2.75) is 38.5 Å². The average molecular weight is 334 g/mol. The van der Waals surface area contributed by atoms with Crippen LogP contribution < -0.4 is 0 Å². The number of hydrogen-bond acceptors (Lipinski definition) is 3. The van der Waals surface area contributed by atoms with E-state index in [-0.39, 0.29) is 0 Å². The van der Waals surface area contributed by atoms with Crippen LogP contribution in [-0.4, -0.2) is 17.1 Å². The van der Waals surface area contributed by atoms with E-state index in [1.165, 1.54) is 4.31 Å². The number of unbranched alkanes of at least 4 members (excludes halogenated alkanes) is 1. The lowest BCUT2D eigenvalue weighted by molar-refractivity contribution is 0.414. The second kappa shape index (κ2) is 8.82. The number of aliphatic imine (C=N–C) groups is 1. The smallest absolute Gasteiger partial charge is 0.195 e. The Morgan fingerprint density at radius 2 is 1.86 bits per heavy atom. The lowest BCUT2D eigenvalue weighted by Crippen LogP contribution is -2.14. The molecule has 0 saturated heterocycles. The van der Waals surface area contributed by atoms with Crippen molar-refractivity contribution in [1.29, 1.82) is 0 Å². The Morgan fingerprint density at radius 1 is 1.18 bits per heavy atom. The second-order valence-electron chi connectivity index (χ2n) is 4.33. The number of nitrogens with zero attached hydrogens (tertiary/aromatic N) is 2. The Balaban J connectivity index is 3.07. The molecule has 122 valence electrons. The van der Waals surface area contributed by atoms with Gasteiger partial charge in [-0.15, -0.1) is 0 Å². The van der Waals surface area contributed by atoms with Crippen molar-refractivity contribution < 1.29 is 17.6 Å². The molecule has 0 radical (unpaired) electrons. The third kappa shape index (κ3) is 4.50. The molecule has 0 N–H and O–H groups in total. The lowest BCUT2D eigenvalue weighted by atomic mass is 10.3. The van der Waals surface area contributed by atoms with Crippen molar-refractivity contribution in [3.8, 4) is 0 Å². The van der Waals surface area contributed by atoms with E-state index in [1.54, 1.807) is 26.1 Å². The Bertz CT molecular complexity index is 573. The molecule has 0 unspecified atom stereocenters. The summed E-state index contributed by atoms with van der Waals surface area (Å²) < 4.78 is 55.2. The fourth-order valence-electron chi connectivity index (χ4n) is 1.59. The minimum Gasteiger partial charge on any atom is -0.297 e. The molecule has 2 nitrogen and oxygen atoms in total. The van der Waals surface area contributed by atoms with Gasteiger partial charge < -0.3 is 0 Å². The predicted molar refractivity (Wildman–Crippen MR) is 81.7 cm³/mol. The molecule has 0 spiro atoms. The van der Waals surface area contributed by atoms with E-state index in [2.05, 4.69) is 4.99 Å². The topological polar surface area (TPSA) is 15.6 Å². The fourth-order valence-corrected chi connectivity index (χ4v) is 2.50. The molecule has 0 saturated carbocycles. The zero-order valence-electron chi connectivity index (χ0n) is 12.7. The van der Waals surface area contributed by atoms with Crippen LogP contribution >= 0.6 is 11.9 Å². The maximum atomic E-state index is 13.7. The summed E-state index contributed by atoms with van der Waals surface area (Å²) in [4.78, 5) is 3.64. The van der Waals surface area contributed by atoms with Crippen molar-refractivity contribution in [2.75, 3.05) is 6.54 Å². The zero-order valence-corrected chi connectivity index (χ0v) is 13.5. The van der Waals surface area contributed by atoms with Gasteiger partial charge in [0.15, 0.2) is 17.5 Å². The van der Waals surface area contributed by atoms with Crippen molar-refractivity contribution in [1.82, 2.24) is 4.31 Å². The predicted octanol–water partition coefficient (Wildman–Crippen LogP) is 5.30. The summed E-state index contributed by atoms with van der Waals surface area (Å²) in [5.41, 5.74) is 0. The van der Waals surface area contributed by atoms with Crippen LogP contribution in [0.15, 0.2) is 27.9 Å². The van der Waals surface area contributed by atoms with E-state index in [1.807, 2.05) is 6.92 Å². The van der Waals surface area contributed by atoms with Crippen molar-refractivity contribution >= 4 is 18.2 Å². The minimum atomic E-state index is -1.68. The summed E-state index contributed by atoms with van der Waals surface area (Å²) in [6.45, 7) is 5.88. The van der Waals surface area contributed by atoms with Gasteiger partial charge in [-0.25, -0.2) is 22.6 Å². The molecular weight excluding hydrogens is 316 g/mol. The molecule has 0 amide bonds. The first-order valence-corrected chi connectivity index (χ1v) is 7.70. The Kier molecular flexibility index (Phi) is 7.44. The molecule has 7 heteroatoms. The number of allylic oxidation sites excluding steroid dienone is 1. The first kappa shape index (κ1) is 18.5. The molecule has 0 bridgehead atoms. The van der Waals surface area contributed by atoms with Crippen molar-refractivity contribution in [3.63, 3.8) is 0 Å². The molecular formula is C15H18F4N2S. The van der Waals surface area contributed by atoms with Crippen molar-refractivity contribution in [3.05, 3.63) is 41.2 Å². The van der Waals surface area contributed by atoms with Gasteiger partial charge in [0.25, 0.3) is 0 Å². The Morgan fingerprint density at radius 3 is 2.41 bits per heavy atom. The highest BCUT2D eigenvalue weighted by Crippen LogP contribution is 2.33. The summed E-state index contributed by atoms with van der Waals surface area (Å²) in [5.74, 6) is -5.42. The number of rotatable bonds is 7. The summed E-state index contributed by atoms with van der Waals surface area (Å²) in [6.07, 6.45) is 5.08. The van der Waals surface area contributed by atoms with E-state index in [0.29, 0.717) is 30.4 Å². The maximum Gasteiger partial charge on any atom is 0.195 e. The molecule has 0 aliphatic heterocycles. The molecule has 22 heavy (non-hydrogen) atoms. The van der Waals surface area contributed by atoms with Crippen LogP contribution in [0, 0.1) is 23.3 Å². The highest BCUT2D eigenvalue weighted by atomic mass is 32.2. The largest absolute Gasteiger partial charge is 0.297 e. The summed E-state index contributed by atoms with van der Waals surface area (Å²) in [7, 11) is 0. The third-order valence-electron chi connectivity index (χ3n) is 2.72. The highest BCUT2D eigenvalue weighted by Gasteiger charge is 2.22. The van der Waals surface area contributed by atoms with Crippen LogP contribution in [0.2, 0.25) is 0 Å². The van der Waals surface area contributed by atoms with Gasteiger partial charge in [-0.05, 0) is 38.3 Å². The molecule has 1 aromatic rings. The van der Waals surface area contributed by atoms with Gasteiger partial charge in [0.1, 0.15) is 16.5 Å². The van der Waals surface area contributed by atoms with Crippen LogP contribution in [0.4, 0.5) is 17.6 Å². The first-order valence-electron chi connectivity index (χ1n) is 6.93. The highest BCUT2D eigenvalue weighted by molar-refractivity contribution is 7.97. The molecule has 0 fully saturated rings. The SMILES string of the molecule is C/C=C(\N=C/CCC)N(CC)Sc1c(F)cc(F)c(F)c1F. The maximum absolute atomic E-state index is 13.7. The molecule has 1 rings (SSSR count). The van der Waals surface area contributed by atoms with E-state index in [9.17, 15) is 17.6 Å². The van der Waals surface area contributed by atoms with E-state index in [0.717, 1.165) is 12.8 Å². The molecule has 0 aliphatic carbocycles. The minimum absolute atomic E-state index is 0.338. The zero-order chi connectivity index (χ0) is 16.7. The number of halogens is 4. The molecule has 0 atom stereocenters.